The van der Waals surface area contributed by atoms with Gasteiger partial charge in [-0.1, -0.05) is 74.8 Å². The van der Waals surface area contributed by atoms with Crippen LogP contribution >= 0.6 is 0 Å². The topological polar surface area (TPSA) is 77.8 Å². The van der Waals surface area contributed by atoms with Crippen molar-refractivity contribution in [3.63, 3.8) is 0 Å². The van der Waals surface area contributed by atoms with Gasteiger partial charge in [0.05, 0.1) is 6.10 Å². The van der Waals surface area contributed by atoms with Gasteiger partial charge in [0.25, 0.3) is 0 Å². The van der Waals surface area contributed by atoms with Crippen LogP contribution in [0.1, 0.15) is 51.9 Å². The van der Waals surface area contributed by atoms with Gasteiger partial charge in [-0.05, 0) is 37.8 Å². The van der Waals surface area contributed by atoms with Crippen LogP contribution in [0.2, 0.25) is 0 Å². The van der Waals surface area contributed by atoms with Crippen LogP contribution in [0, 0.1) is 0 Å². The van der Waals surface area contributed by atoms with Crippen LogP contribution in [0.25, 0.3) is 0 Å². The Balaban J connectivity index is 3.91. The van der Waals surface area contributed by atoms with Crippen LogP contribution < -0.4 is 0 Å². The molecule has 4 heteroatoms. The molecule has 0 aliphatic carbocycles. The second-order valence-electron chi connectivity index (χ2n) is 5.93. The van der Waals surface area contributed by atoms with Gasteiger partial charge in [-0.25, -0.2) is 4.79 Å². The molecule has 1 atom stereocenters. The molecule has 0 radical (unpaired) electrons. The fourth-order valence-corrected chi connectivity index (χ4v) is 2.11. The van der Waals surface area contributed by atoms with Gasteiger partial charge >= 0.3 is 5.97 Å². The van der Waals surface area contributed by atoms with E-state index >= 15 is 0 Å². The van der Waals surface area contributed by atoms with Crippen LogP contribution in [0.5, 0.6) is 0 Å². The maximum Gasteiger partial charge on any atom is 0.328 e. The Kier molecular flexibility index (Phi) is 15.9. The van der Waals surface area contributed by atoms with Crippen molar-refractivity contribution in [2.24, 2.45) is 0 Å². The summed E-state index contributed by atoms with van der Waals surface area (Å²) in [4.78, 5) is 10.2. The molecule has 0 spiro atoms. The number of carbonyl (C=O) groups is 1. The molecule has 0 aromatic heterocycles. The second kappa shape index (κ2) is 17.5. The largest absolute Gasteiger partial charge is 0.508 e. The average molecular weight is 360 g/mol. The minimum atomic E-state index is -0.982. The molecule has 144 valence electrons. The number of aliphatic hydroxyl groups is 2. The molecule has 0 aromatic rings. The van der Waals surface area contributed by atoms with E-state index in [1.54, 1.807) is 42.5 Å². The van der Waals surface area contributed by atoms with Crippen LogP contribution in [-0.2, 0) is 4.79 Å². The van der Waals surface area contributed by atoms with Crippen LogP contribution in [0.15, 0.2) is 72.6 Å². The standard InChI is InChI=1S/C22H32O4/c1-2-3-10-15-20(23)17-12-8-9-13-18-21(24)16-11-6-4-5-7-14-19-22(25)26/h4-7,9,11,13-14,16,18-20,23-24H,2-3,8,10,12,15,17H2,1H3,(H,25,26)/b6-4+,7-5+,13-9+,16-11+,19-14+,21-18-. The van der Waals surface area contributed by atoms with E-state index in [1.807, 2.05) is 12.2 Å². The summed E-state index contributed by atoms with van der Waals surface area (Å²) in [5.74, 6) is -0.829. The monoisotopic (exact) mass is 360 g/mol. The first-order chi connectivity index (χ1) is 12.6. The number of carboxylic acids is 1. The molecule has 0 heterocycles. The summed E-state index contributed by atoms with van der Waals surface area (Å²) in [6, 6.07) is 0. The van der Waals surface area contributed by atoms with Crippen LogP contribution in [0.3, 0.4) is 0 Å². The van der Waals surface area contributed by atoms with Gasteiger partial charge in [0.2, 0.25) is 0 Å². The van der Waals surface area contributed by atoms with Gasteiger partial charge in [0.1, 0.15) is 5.76 Å². The summed E-state index contributed by atoms with van der Waals surface area (Å²) in [5, 5.41) is 27.9. The Bertz CT molecular complexity index is 536. The van der Waals surface area contributed by atoms with E-state index in [-0.39, 0.29) is 11.9 Å². The minimum Gasteiger partial charge on any atom is -0.508 e. The molecular formula is C22H32O4. The van der Waals surface area contributed by atoms with Crippen molar-refractivity contribution in [3.8, 4) is 0 Å². The Labute approximate surface area is 157 Å². The smallest absolute Gasteiger partial charge is 0.328 e. The van der Waals surface area contributed by atoms with Crippen molar-refractivity contribution in [1.29, 1.82) is 0 Å². The number of aliphatic carboxylic acids is 1. The van der Waals surface area contributed by atoms with Crippen molar-refractivity contribution in [2.45, 2.75) is 58.0 Å². The number of carboxylic acid groups (broad SMARTS) is 1. The van der Waals surface area contributed by atoms with E-state index in [2.05, 4.69) is 6.92 Å². The zero-order valence-corrected chi connectivity index (χ0v) is 15.6. The Morgan fingerprint density at radius 2 is 1.46 bits per heavy atom. The summed E-state index contributed by atoms with van der Waals surface area (Å²) < 4.78 is 0. The van der Waals surface area contributed by atoms with E-state index in [1.165, 1.54) is 18.9 Å². The molecule has 26 heavy (non-hydrogen) atoms. The lowest BCUT2D eigenvalue weighted by molar-refractivity contribution is -0.131. The normalized spacial score (nSPS) is 14.6. The van der Waals surface area contributed by atoms with Gasteiger partial charge in [-0.3, -0.25) is 0 Å². The molecule has 0 saturated heterocycles. The third kappa shape index (κ3) is 18.0. The average Bonchev–Trinajstić information content (AvgIpc) is 2.60. The summed E-state index contributed by atoms with van der Waals surface area (Å²) in [7, 11) is 0. The summed E-state index contributed by atoms with van der Waals surface area (Å²) in [6.07, 6.45) is 24.7. The summed E-state index contributed by atoms with van der Waals surface area (Å²) >= 11 is 0. The zero-order valence-electron chi connectivity index (χ0n) is 15.6. The Morgan fingerprint density at radius 1 is 0.846 bits per heavy atom. The maximum absolute atomic E-state index is 10.2. The van der Waals surface area contributed by atoms with Crippen LogP contribution in [-0.4, -0.2) is 27.4 Å². The van der Waals surface area contributed by atoms with Gasteiger partial charge in [-0.2, -0.15) is 0 Å². The molecule has 0 aliphatic rings. The van der Waals surface area contributed by atoms with Gasteiger partial charge < -0.3 is 15.3 Å². The van der Waals surface area contributed by atoms with Gasteiger partial charge in [0.15, 0.2) is 0 Å². The molecule has 0 aromatic carbocycles. The van der Waals surface area contributed by atoms with Crippen molar-refractivity contribution < 1.29 is 20.1 Å². The molecule has 0 rings (SSSR count). The molecule has 3 N–H and O–H groups in total. The molecule has 1 unspecified atom stereocenters. The molecule has 0 fully saturated rings. The second-order valence-corrected chi connectivity index (χ2v) is 5.93. The van der Waals surface area contributed by atoms with Crippen molar-refractivity contribution in [1.82, 2.24) is 0 Å². The quantitative estimate of drug-likeness (QED) is 0.168. The number of hydrogen-bond acceptors (Lipinski definition) is 3. The molecule has 0 amide bonds. The summed E-state index contributed by atoms with van der Waals surface area (Å²) in [5.41, 5.74) is 0. The van der Waals surface area contributed by atoms with Crippen molar-refractivity contribution in [2.75, 3.05) is 0 Å². The fraction of sp³-hybridized carbons (Fsp3) is 0.409. The van der Waals surface area contributed by atoms with Gasteiger partial charge in [-0.15, -0.1) is 0 Å². The number of rotatable bonds is 14. The SMILES string of the molecule is CCCCCC(O)CCC/C=C/C=C(O)/C=C/C=C/C=C/C=C/C(=O)O. The van der Waals surface area contributed by atoms with E-state index < -0.39 is 5.97 Å². The number of unbranched alkanes of at least 4 members (excludes halogenated alkanes) is 3. The summed E-state index contributed by atoms with van der Waals surface area (Å²) in [6.45, 7) is 2.16. The minimum absolute atomic E-state index is 0.153. The molecular weight excluding hydrogens is 328 g/mol. The highest BCUT2D eigenvalue weighted by Crippen LogP contribution is 2.10. The number of aliphatic hydroxyl groups excluding tert-OH is 2. The Morgan fingerprint density at radius 3 is 2.12 bits per heavy atom. The predicted molar refractivity (Wildman–Crippen MR) is 108 cm³/mol. The molecule has 0 aliphatic heterocycles. The van der Waals surface area contributed by atoms with E-state index in [0.29, 0.717) is 0 Å². The number of allylic oxidation sites excluding steroid dienone is 10. The predicted octanol–water partition coefficient (Wildman–Crippen LogP) is 5.41. The third-order valence-electron chi connectivity index (χ3n) is 3.51. The maximum atomic E-state index is 10.2. The van der Waals surface area contributed by atoms with E-state index in [9.17, 15) is 15.0 Å². The highest BCUT2D eigenvalue weighted by molar-refractivity contribution is 5.80. The number of hydrogen-bond donors (Lipinski definition) is 3. The Hall–Kier alpha value is -2.33. The molecule has 4 nitrogen and oxygen atoms in total. The van der Waals surface area contributed by atoms with E-state index in [0.717, 1.165) is 38.2 Å². The zero-order chi connectivity index (χ0) is 19.5. The molecule has 0 saturated carbocycles. The lowest BCUT2D eigenvalue weighted by Gasteiger charge is -2.08. The highest BCUT2D eigenvalue weighted by Gasteiger charge is 2.01. The van der Waals surface area contributed by atoms with Crippen LogP contribution in [0.4, 0.5) is 0 Å². The highest BCUT2D eigenvalue weighted by atomic mass is 16.4. The first kappa shape index (κ1) is 23.7. The first-order valence-corrected chi connectivity index (χ1v) is 9.21. The fourth-order valence-electron chi connectivity index (χ4n) is 2.11. The van der Waals surface area contributed by atoms with Crippen molar-refractivity contribution in [3.05, 3.63) is 72.6 Å². The third-order valence-corrected chi connectivity index (χ3v) is 3.51. The van der Waals surface area contributed by atoms with Gasteiger partial charge in [0, 0.05) is 6.08 Å². The lowest BCUT2D eigenvalue weighted by atomic mass is 10.1. The van der Waals surface area contributed by atoms with E-state index in [4.69, 9.17) is 5.11 Å². The first-order valence-electron chi connectivity index (χ1n) is 9.21. The molecule has 0 bridgehead atoms. The lowest BCUT2D eigenvalue weighted by Crippen LogP contribution is -2.05. The van der Waals surface area contributed by atoms with Crippen molar-refractivity contribution >= 4 is 5.97 Å².